The molecule has 0 aliphatic heterocycles. The predicted octanol–water partition coefficient (Wildman–Crippen LogP) is 4.34. The first kappa shape index (κ1) is 10.8. The maximum absolute atomic E-state index is 2.23. The molecule has 0 unspecified atom stereocenters. The second kappa shape index (κ2) is 8.31. The van der Waals surface area contributed by atoms with Crippen LogP contribution < -0.4 is 0 Å². The molecule has 0 atom stereocenters. The van der Waals surface area contributed by atoms with E-state index in [1.54, 1.807) is 0 Å². The molecule has 0 nitrogen and oxygen atoms in total. The second-order valence-corrected chi connectivity index (χ2v) is 3.26. The van der Waals surface area contributed by atoms with Crippen LogP contribution in [0.15, 0.2) is 60.8 Å². The minimum absolute atomic E-state index is 1.01. The Hall–Kier alpha value is -1.30. The molecule has 1 rings (SSSR count). The molecule has 1 aliphatic rings. The van der Waals surface area contributed by atoms with Crippen LogP contribution in [0.2, 0.25) is 0 Å². The van der Waals surface area contributed by atoms with Crippen molar-refractivity contribution in [3.8, 4) is 0 Å². The first-order chi connectivity index (χ1) is 7.00. The quantitative estimate of drug-likeness (QED) is 0.528. The van der Waals surface area contributed by atoms with E-state index in [4.69, 9.17) is 0 Å². The van der Waals surface area contributed by atoms with Crippen molar-refractivity contribution in [3.63, 3.8) is 0 Å². The van der Waals surface area contributed by atoms with E-state index in [9.17, 15) is 0 Å². The first-order valence-electron chi connectivity index (χ1n) is 5.30. The second-order valence-electron chi connectivity index (χ2n) is 3.26. The van der Waals surface area contributed by atoms with Gasteiger partial charge in [-0.2, -0.15) is 0 Å². The van der Waals surface area contributed by atoms with Crippen molar-refractivity contribution in [1.29, 1.82) is 0 Å². The van der Waals surface area contributed by atoms with E-state index in [-0.39, 0.29) is 0 Å². The Labute approximate surface area is 87.0 Å². The molecule has 0 bridgehead atoms. The van der Waals surface area contributed by atoms with Gasteiger partial charge in [0.15, 0.2) is 0 Å². The molecular formula is C14H18. The third kappa shape index (κ3) is 6.24. The lowest BCUT2D eigenvalue weighted by molar-refractivity contribution is 0.868. The van der Waals surface area contributed by atoms with Crippen LogP contribution in [0.5, 0.6) is 0 Å². The zero-order valence-corrected chi connectivity index (χ0v) is 8.60. The van der Waals surface area contributed by atoms with Crippen molar-refractivity contribution in [2.45, 2.75) is 25.7 Å². The zero-order chi connectivity index (χ0) is 9.90. The molecule has 0 N–H and O–H groups in total. The van der Waals surface area contributed by atoms with Gasteiger partial charge >= 0.3 is 0 Å². The molecule has 0 aromatic rings. The highest BCUT2D eigenvalue weighted by Gasteiger charge is 1.79. The van der Waals surface area contributed by atoms with Crippen LogP contribution in [0.25, 0.3) is 0 Å². The molecule has 0 aromatic heterocycles. The van der Waals surface area contributed by atoms with Gasteiger partial charge in [0, 0.05) is 0 Å². The molecule has 0 amide bonds. The lowest BCUT2D eigenvalue weighted by Gasteiger charge is -1.89. The normalized spacial score (nSPS) is 27.4. The van der Waals surface area contributed by atoms with Crippen molar-refractivity contribution in [2.24, 2.45) is 0 Å². The van der Waals surface area contributed by atoms with Gasteiger partial charge in [-0.25, -0.2) is 0 Å². The summed E-state index contributed by atoms with van der Waals surface area (Å²) in [5, 5.41) is 0. The largest absolute Gasteiger partial charge is 0.0845 e. The fraction of sp³-hybridized carbons (Fsp3) is 0.286. The average molecular weight is 186 g/mol. The maximum atomic E-state index is 2.23. The van der Waals surface area contributed by atoms with E-state index in [1.165, 1.54) is 19.3 Å². The molecular weight excluding hydrogens is 168 g/mol. The Morgan fingerprint density at radius 3 is 1.71 bits per heavy atom. The van der Waals surface area contributed by atoms with E-state index < -0.39 is 0 Å². The molecule has 0 fully saturated rings. The minimum atomic E-state index is 1.01. The van der Waals surface area contributed by atoms with Crippen LogP contribution in [0.3, 0.4) is 0 Å². The molecule has 0 saturated carbocycles. The van der Waals surface area contributed by atoms with E-state index >= 15 is 0 Å². The molecule has 14 heavy (non-hydrogen) atoms. The Morgan fingerprint density at radius 1 is 0.500 bits per heavy atom. The SMILES string of the molecule is C1=CC/C=C/C=C\CCC/C=C/C=C\1. The highest BCUT2D eigenvalue weighted by Crippen LogP contribution is 1.99. The Bertz CT molecular complexity index is 262. The standard InChI is InChI=1S/C14H18/c1-2-4-6-8-10-12-14-13-11-9-7-5-3-1/h1-6,9,11,13-14H,7-8,10,12H2/b2-1-,5-3?,6-4+,11-9+,14-13-. The van der Waals surface area contributed by atoms with Crippen LogP contribution in [-0.4, -0.2) is 0 Å². The van der Waals surface area contributed by atoms with Crippen molar-refractivity contribution >= 4 is 0 Å². The summed E-state index contributed by atoms with van der Waals surface area (Å²) in [4.78, 5) is 0. The summed E-state index contributed by atoms with van der Waals surface area (Å²) in [5.41, 5.74) is 0. The van der Waals surface area contributed by atoms with E-state index in [0.717, 1.165) is 6.42 Å². The third-order valence-electron chi connectivity index (χ3n) is 2.00. The monoisotopic (exact) mass is 186 g/mol. The van der Waals surface area contributed by atoms with Crippen LogP contribution in [-0.2, 0) is 0 Å². The summed E-state index contributed by atoms with van der Waals surface area (Å²) in [6.45, 7) is 0. The van der Waals surface area contributed by atoms with Crippen LogP contribution in [0.4, 0.5) is 0 Å². The molecule has 0 heterocycles. The number of allylic oxidation sites excluding steroid dienone is 10. The molecule has 0 heteroatoms. The van der Waals surface area contributed by atoms with Gasteiger partial charge < -0.3 is 0 Å². The van der Waals surface area contributed by atoms with Crippen LogP contribution in [0.1, 0.15) is 25.7 Å². The molecule has 0 aromatic carbocycles. The fourth-order valence-corrected chi connectivity index (χ4v) is 1.22. The van der Waals surface area contributed by atoms with Gasteiger partial charge in [-0.3, -0.25) is 0 Å². The lowest BCUT2D eigenvalue weighted by atomic mass is 10.2. The Balaban J connectivity index is 2.45. The predicted molar refractivity (Wildman–Crippen MR) is 64.2 cm³/mol. The smallest absolute Gasteiger partial charge is 0.0163 e. The van der Waals surface area contributed by atoms with Crippen LogP contribution >= 0.6 is 0 Å². The van der Waals surface area contributed by atoms with Gasteiger partial charge in [-0.1, -0.05) is 60.8 Å². The summed E-state index contributed by atoms with van der Waals surface area (Å²) in [6.07, 6.45) is 26.0. The number of hydrogen-bond donors (Lipinski definition) is 0. The van der Waals surface area contributed by atoms with Crippen molar-refractivity contribution in [2.75, 3.05) is 0 Å². The average Bonchev–Trinajstić information content (AvgIpc) is 2.22. The minimum Gasteiger partial charge on any atom is -0.0845 e. The van der Waals surface area contributed by atoms with Gasteiger partial charge in [-0.15, -0.1) is 0 Å². The lowest BCUT2D eigenvalue weighted by Crippen LogP contribution is -1.68. The van der Waals surface area contributed by atoms with E-state index in [0.29, 0.717) is 0 Å². The summed E-state index contributed by atoms with van der Waals surface area (Å²) in [6, 6.07) is 0. The van der Waals surface area contributed by atoms with Gasteiger partial charge in [-0.05, 0) is 25.7 Å². The number of hydrogen-bond acceptors (Lipinski definition) is 0. The number of rotatable bonds is 0. The highest BCUT2D eigenvalue weighted by atomic mass is 13.9. The molecule has 0 saturated heterocycles. The first-order valence-corrected chi connectivity index (χ1v) is 5.30. The van der Waals surface area contributed by atoms with Crippen LogP contribution in [0, 0.1) is 0 Å². The summed E-state index contributed by atoms with van der Waals surface area (Å²) in [7, 11) is 0. The van der Waals surface area contributed by atoms with Gasteiger partial charge in [0.1, 0.15) is 0 Å². The summed E-state index contributed by atoms with van der Waals surface area (Å²) < 4.78 is 0. The van der Waals surface area contributed by atoms with Crippen molar-refractivity contribution < 1.29 is 0 Å². The van der Waals surface area contributed by atoms with Crippen molar-refractivity contribution in [3.05, 3.63) is 60.8 Å². The molecule has 0 radical (unpaired) electrons. The highest BCUT2D eigenvalue weighted by molar-refractivity contribution is 5.13. The van der Waals surface area contributed by atoms with Gasteiger partial charge in [0.2, 0.25) is 0 Å². The van der Waals surface area contributed by atoms with E-state index in [2.05, 4.69) is 60.8 Å². The Morgan fingerprint density at radius 2 is 1.00 bits per heavy atom. The van der Waals surface area contributed by atoms with Gasteiger partial charge in [0.25, 0.3) is 0 Å². The third-order valence-corrected chi connectivity index (χ3v) is 2.00. The molecule has 74 valence electrons. The Kier molecular flexibility index (Phi) is 6.39. The summed E-state index contributed by atoms with van der Waals surface area (Å²) in [5.74, 6) is 0. The maximum Gasteiger partial charge on any atom is -0.0163 e. The fourth-order valence-electron chi connectivity index (χ4n) is 1.22. The summed E-state index contributed by atoms with van der Waals surface area (Å²) >= 11 is 0. The topological polar surface area (TPSA) is 0 Å². The van der Waals surface area contributed by atoms with Gasteiger partial charge in [0.05, 0.1) is 0 Å². The zero-order valence-electron chi connectivity index (χ0n) is 8.60. The molecule has 1 aliphatic carbocycles. The molecule has 0 spiro atoms. The van der Waals surface area contributed by atoms with E-state index in [1.807, 2.05) is 0 Å². The van der Waals surface area contributed by atoms with Crippen molar-refractivity contribution in [1.82, 2.24) is 0 Å².